The third-order valence-electron chi connectivity index (χ3n) is 6.66. The number of nitrogens with zero attached hydrogens (tertiary/aromatic N) is 3. The molecule has 3 aromatic rings. The Morgan fingerprint density at radius 1 is 1.06 bits per heavy atom. The lowest BCUT2D eigenvalue weighted by Crippen LogP contribution is -2.32. The minimum atomic E-state index is -0.624. The smallest absolute Gasteiger partial charge is 0.262 e. The van der Waals surface area contributed by atoms with Crippen molar-refractivity contribution in [1.29, 1.82) is 5.26 Å². The first-order valence-corrected chi connectivity index (χ1v) is 12.9. The van der Waals surface area contributed by atoms with Gasteiger partial charge < -0.3 is 19.9 Å². The monoisotopic (exact) mass is 486 g/mol. The van der Waals surface area contributed by atoms with Crippen LogP contribution in [0, 0.1) is 11.3 Å². The number of hydrogen-bond donors (Lipinski definition) is 2. The number of allylic oxidation sites excluding steroid dienone is 1. The Labute approximate surface area is 214 Å². The number of anilines is 1. The standard InChI is InChI=1S/C30H38N4O2/c1-6-15-34(16-7-2)25-12-11-22-17-24(10-9-23(22)18-25)29-14-13-28(33(29)5)21(4)27(19-31)30(36)32-20-26(35)8-3/h9-14,17-18,26,35H,6-8,15-16,20H2,1-5H3,(H,32,36)/b27-21+. The van der Waals surface area contributed by atoms with Crippen LogP contribution >= 0.6 is 0 Å². The van der Waals surface area contributed by atoms with Crippen molar-refractivity contribution in [3.05, 3.63) is 59.8 Å². The first-order chi connectivity index (χ1) is 17.3. The topological polar surface area (TPSA) is 81.3 Å². The summed E-state index contributed by atoms with van der Waals surface area (Å²) < 4.78 is 2.01. The van der Waals surface area contributed by atoms with Crippen LogP contribution in [-0.4, -0.2) is 41.3 Å². The van der Waals surface area contributed by atoms with Crippen LogP contribution in [-0.2, 0) is 11.8 Å². The van der Waals surface area contributed by atoms with Gasteiger partial charge in [0.25, 0.3) is 5.91 Å². The molecule has 6 nitrogen and oxygen atoms in total. The maximum atomic E-state index is 12.6. The van der Waals surface area contributed by atoms with Crippen molar-refractivity contribution < 1.29 is 9.90 Å². The van der Waals surface area contributed by atoms with Crippen LogP contribution in [0.25, 0.3) is 27.6 Å². The lowest BCUT2D eigenvalue weighted by molar-refractivity contribution is -0.117. The van der Waals surface area contributed by atoms with Gasteiger partial charge in [0, 0.05) is 43.8 Å². The van der Waals surface area contributed by atoms with Gasteiger partial charge in [0.05, 0.1) is 6.10 Å². The number of rotatable bonds is 11. The highest BCUT2D eigenvalue weighted by Gasteiger charge is 2.18. The Kier molecular flexibility index (Phi) is 9.32. The fourth-order valence-corrected chi connectivity index (χ4v) is 4.55. The molecule has 1 amide bonds. The van der Waals surface area contributed by atoms with Gasteiger partial charge in [0.2, 0.25) is 0 Å². The van der Waals surface area contributed by atoms with Crippen molar-refractivity contribution >= 4 is 27.9 Å². The Balaban J connectivity index is 1.91. The van der Waals surface area contributed by atoms with Gasteiger partial charge in [-0.3, -0.25) is 4.79 Å². The second-order valence-corrected chi connectivity index (χ2v) is 9.28. The summed E-state index contributed by atoms with van der Waals surface area (Å²) in [5.41, 5.74) is 4.80. The molecule has 2 aromatic carbocycles. The summed E-state index contributed by atoms with van der Waals surface area (Å²) in [7, 11) is 1.95. The van der Waals surface area contributed by atoms with Crippen molar-refractivity contribution in [3.8, 4) is 17.3 Å². The van der Waals surface area contributed by atoms with Crippen LogP contribution in [0.2, 0.25) is 0 Å². The zero-order chi connectivity index (χ0) is 26.2. The first kappa shape index (κ1) is 27.0. The molecule has 0 spiro atoms. The molecule has 6 heteroatoms. The minimum absolute atomic E-state index is 0.0563. The van der Waals surface area contributed by atoms with E-state index in [2.05, 4.69) is 60.5 Å². The van der Waals surface area contributed by atoms with E-state index in [-0.39, 0.29) is 12.1 Å². The fourth-order valence-electron chi connectivity index (χ4n) is 4.55. The van der Waals surface area contributed by atoms with E-state index in [0.717, 1.165) is 42.9 Å². The van der Waals surface area contributed by atoms with Crippen LogP contribution in [0.4, 0.5) is 5.69 Å². The number of fused-ring (bicyclic) bond motifs is 1. The highest BCUT2D eigenvalue weighted by atomic mass is 16.3. The molecule has 0 fully saturated rings. The highest BCUT2D eigenvalue weighted by molar-refractivity contribution is 6.04. The number of nitriles is 1. The van der Waals surface area contributed by atoms with E-state index in [9.17, 15) is 15.2 Å². The molecule has 190 valence electrons. The van der Waals surface area contributed by atoms with E-state index in [0.29, 0.717) is 12.0 Å². The predicted molar refractivity (Wildman–Crippen MR) is 149 cm³/mol. The predicted octanol–water partition coefficient (Wildman–Crippen LogP) is 5.66. The van der Waals surface area contributed by atoms with Gasteiger partial charge in [-0.2, -0.15) is 5.26 Å². The molecule has 1 heterocycles. The van der Waals surface area contributed by atoms with Crippen molar-refractivity contribution in [1.82, 2.24) is 9.88 Å². The number of hydrogen-bond acceptors (Lipinski definition) is 4. The van der Waals surface area contributed by atoms with E-state index in [1.807, 2.05) is 36.7 Å². The van der Waals surface area contributed by atoms with Gasteiger partial charge in [-0.1, -0.05) is 39.0 Å². The Hall–Kier alpha value is -3.56. The normalized spacial score (nSPS) is 12.7. The van der Waals surface area contributed by atoms with E-state index in [1.165, 1.54) is 16.5 Å². The molecule has 0 saturated heterocycles. The molecule has 0 aliphatic heterocycles. The quantitative estimate of drug-likeness (QED) is 0.271. The van der Waals surface area contributed by atoms with Crippen LogP contribution < -0.4 is 10.2 Å². The molecular weight excluding hydrogens is 448 g/mol. The maximum absolute atomic E-state index is 12.6. The van der Waals surface area contributed by atoms with Gasteiger partial charge in [0.1, 0.15) is 11.6 Å². The largest absolute Gasteiger partial charge is 0.391 e. The zero-order valence-electron chi connectivity index (χ0n) is 22.1. The number of nitrogens with one attached hydrogen (secondary N) is 1. The van der Waals surface area contributed by atoms with Crippen LogP contribution in [0.1, 0.15) is 52.7 Å². The molecule has 3 rings (SSSR count). The van der Waals surface area contributed by atoms with E-state index >= 15 is 0 Å². The van der Waals surface area contributed by atoms with Gasteiger partial charge in [-0.05, 0) is 78.4 Å². The average Bonchev–Trinajstić information content (AvgIpc) is 3.27. The molecule has 0 radical (unpaired) electrons. The van der Waals surface area contributed by atoms with E-state index in [1.54, 1.807) is 6.92 Å². The Morgan fingerprint density at radius 2 is 1.72 bits per heavy atom. The van der Waals surface area contributed by atoms with Crippen molar-refractivity contribution in [2.24, 2.45) is 7.05 Å². The molecule has 0 aliphatic carbocycles. The maximum Gasteiger partial charge on any atom is 0.262 e. The summed E-state index contributed by atoms with van der Waals surface area (Å²) in [5, 5.41) is 24.4. The summed E-state index contributed by atoms with van der Waals surface area (Å²) in [6.45, 7) is 10.3. The molecule has 2 N–H and O–H groups in total. The molecule has 0 saturated carbocycles. The fraction of sp³-hybridized carbons (Fsp3) is 0.400. The van der Waals surface area contributed by atoms with Gasteiger partial charge in [0.15, 0.2) is 0 Å². The zero-order valence-corrected chi connectivity index (χ0v) is 22.1. The number of aliphatic hydroxyl groups excluding tert-OH is 1. The van der Waals surface area contributed by atoms with Gasteiger partial charge in [-0.15, -0.1) is 0 Å². The van der Waals surface area contributed by atoms with Crippen molar-refractivity contribution in [2.75, 3.05) is 24.5 Å². The molecular formula is C30H38N4O2. The number of benzene rings is 2. The SMILES string of the molecule is CCCN(CCC)c1ccc2cc(-c3ccc(/C(C)=C(\C#N)C(=O)NCC(O)CC)n3C)ccc2c1. The van der Waals surface area contributed by atoms with Crippen LogP contribution in [0.15, 0.2) is 54.1 Å². The minimum Gasteiger partial charge on any atom is -0.391 e. The average molecular weight is 487 g/mol. The van der Waals surface area contributed by atoms with Crippen molar-refractivity contribution in [3.63, 3.8) is 0 Å². The van der Waals surface area contributed by atoms with Gasteiger partial charge in [-0.25, -0.2) is 0 Å². The first-order valence-electron chi connectivity index (χ1n) is 12.9. The molecule has 1 unspecified atom stereocenters. The second kappa shape index (κ2) is 12.4. The number of aromatic nitrogens is 1. The summed E-state index contributed by atoms with van der Waals surface area (Å²) in [6.07, 6.45) is 2.16. The molecule has 1 aromatic heterocycles. The molecule has 0 bridgehead atoms. The summed E-state index contributed by atoms with van der Waals surface area (Å²) in [6, 6.07) is 19.1. The third kappa shape index (κ3) is 5.98. The van der Waals surface area contributed by atoms with Crippen molar-refractivity contribution in [2.45, 2.75) is 53.1 Å². The number of carbonyl (C=O) groups excluding carboxylic acids is 1. The Morgan fingerprint density at radius 3 is 2.36 bits per heavy atom. The van der Waals surface area contributed by atoms with Gasteiger partial charge >= 0.3 is 0 Å². The van der Waals surface area contributed by atoms with E-state index < -0.39 is 12.0 Å². The summed E-state index contributed by atoms with van der Waals surface area (Å²) >= 11 is 0. The summed E-state index contributed by atoms with van der Waals surface area (Å²) in [4.78, 5) is 15.0. The third-order valence-corrected chi connectivity index (χ3v) is 6.66. The lowest BCUT2D eigenvalue weighted by Gasteiger charge is -2.24. The molecule has 1 atom stereocenters. The van der Waals surface area contributed by atoms with Crippen LogP contribution in [0.3, 0.4) is 0 Å². The lowest BCUT2D eigenvalue weighted by atomic mass is 10.0. The van der Waals surface area contributed by atoms with Crippen LogP contribution in [0.5, 0.6) is 0 Å². The number of amides is 1. The molecule has 36 heavy (non-hydrogen) atoms. The Bertz CT molecular complexity index is 1280. The highest BCUT2D eigenvalue weighted by Crippen LogP contribution is 2.31. The molecule has 0 aliphatic rings. The van der Waals surface area contributed by atoms with E-state index in [4.69, 9.17) is 0 Å². The number of carbonyl (C=O) groups is 1. The number of aliphatic hydroxyl groups is 1. The summed E-state index contributed by atoms with van der Waals surface area (Å²) in [5.74, 6) is -0.466. The second-order valence-electron chi connectivity index (χ2n) is 9.28.